The fraction of sp³-hybridized carbons (Fsp3) is 0.538. The highest BCUT2D eigenvalue weighted by Gasteiger charge is 2.11. The van der Waals surface area contributed by atoms with Crippen LogP contribution in [0.1, 0.15) is 25.8 Å². The second kappa shape index (κ2) is 7.25. The molecule has 0 fully saturated rings. The van der Waals surface area contributed by atoms with Gasteiger partial charge in [0, 0.05) is 12.1 Å². The van der Waals surface area contributed by atoms with Gasteiger partial charge in [0.2, 0.25) is 0 Å². The predicted octanol–water partition coefficient (Wildman–Crippen LogP) is 2.08. The van der Waals surface area contributed by atoms with Crippen molar-refractivity contribution in [3.63, 3.8) is 0 Å². The zero-order valence-corrected chi connectivity index (χ0v) is 10.4. The van der Waals surface area contributed by atoms with E-state index in [9.17, 15) is 9.50 Å². The average Bonchev–Trinajstić information content (AvgIpc) is 2.34. The van der Waals surface area contributed by atoms with Gasteiger partial charge in [-0.05, 0) is 19.0 Å². The Morgan fingerprint density at radius 3 is 2.82 bits per heavy atom. The third-order valence-electron chi connectivity index (χ3n) is 2.51. The minimum Gasteiger partial charge on any atom is -0.487 e. The first-order valence-corrected chi connectivity index (χ1v) is 5.98. The van der Waals surface area contributed by atoms with Crippen LogP contribution in [0.4, 0.5) is 4.39 Å². The molecule has 4 heteroatoms. The second-order valence-corrected chi connectivity index (χ2v) is 3.88. The van der Waals surface area contributed by atoms with Crippen molar-refractivity contribution in [2.45, 2.75) is 32.9 Å². The van der Waals surface area contributed by atoms with Crippen LogP contribution in [0.3, 0.4) is 0 Å². The summed E-state index contributed by atoms with van der Waals surface area (Å²) in [5, 5.41) is 12.5. The lowest BCUT2D eigenvalue weighted by molar-refractivity contribution is 0.101. The minimum absolute atomic E-state index is 0.122. The molecule has 0 aromatic heterocycles. The van der Waals surface area contributed by atoms with Crippen molar-refractivity contribution >= 4 is 0 Å². The lowest BCUT2D eigenvalue weighted by atomic mass is 10.2. The van der Waals surface area contributed by atoms with Crippen LogP contribution in [0.25, 0.3) is 0 Å². The van der Waals surface area contributed by atoms with Gasteiger partial charge in [0.25, 0.3) is 0 Å². The predicted molar refractivity (Wildman–Crippen MR) is 65.6 cm³/mol. The summed E-state index contributed by atoms with van der Waals surface area (Å²) in [7, 11) is 0. The largest absolute Gasteiger partial charge is 0.487 e. The first kappa shape index (κ1) is 13.9. The summed E-state index contributed by atoms with van der Waals surface area (Å²) in [6, 6.07) is 4.84. The molecule has 0 amide bonds. The van der Waals surface area contributed by atoms with Gasteiger partial charge in [0.05, 0.1) is 6.10 Å². The molecule has 0 spiro atoms. The molecule has 0 heterocycles. The summed E-state index contributed by atoms with van der Waals surface area (Å²) >= 11 is 0. The molecule has 0 radical (unpaired) electrons. The van der Waals surface area contributed by atoms with Crippen molar-refractivity contribution in [3.8, 4) is 5.75 Å². The second-order valence-electron chi connectivity index (χ2n) is 3.88. The summed E-state index contributed by atoms with van der Waals surface area (Å²) in [5.41, 5.74) is 0.773. The van der Waals surface area contributed by atoms with Crippen LogP contribution in [0.5, 0.6) is 5.75 Å². The summed E-state index contributed by atoms with van der Waals surface area (Å²) in [4.78, 5) is 0. The maximum Gasteiger partial charge on any atom is 0.165 e. The SMILES string of the molecule is CCNCc1cccc(F)c1OCC(O)CC. The Kier molecular flexibility index (Phi) is 5.94. The van der Waals surface area contributed by atoms with Crippen LogP contribution in [-0.2, 0) is 6.54 Å². The zero-order valence-electron chi connectivity index (χ0n) is 10.4. The number of hydrogen-bond donors (Lipinski definition) is 2. The molecule has 0 saturated carbocycles. The molecular formula is C13H20FNO2. The van der Waals surface area contributed by atoms with E-state index in [0.29, 0.717) is 13.0 Å². The highest BCUT2D eigenvalue weighted by molar-refractivity contribution is 5.34. The van der Waals surface area contributed by atoms with Crippen molar-refractivity contribution in [3.05, 3.63) is 29.6 Å². The molecular weight excluding hydrogens is 221 g/mol. The third-order valence-corrected chi connectivity index (χ3v) is 2.51. The molecule has 3 nitrogen and oxygen atoms in total. The molecule has 96 valence electrons. The maximum absolute atomic E-state index is 13.6. The Labute approximate surface area is 102 Å². The van der Waals surface area contributed by atoms with Gasteiger partial charge in [0.15, 0.2) is 11.6 Å². The first-order chi connectivity index (χ1) is 8.19. The summed E-state index contributed by atoms with van der Waals surface area (Å²) < 4.78 is 19.0. The van der Waals surface area contributed by atoms with E-state index < -0.39 is 6.10 Å². The number of aliphatic hydroxyl groups excluding tert-OH is 1. The highest BCUT2D eigenvalue weighted by Crippen LogP contribution is 2.22. The van der Waals surface area contributed by atoms with Gasteiger partial charge in [0.1, 0.15) is 6.61 Å². The third kappa shape index (κ3) is 4.32. The molecule has 1 aromatic carbocycles. The van der Waals surface area contributed by atoms with Crippen LogP contribution < -0.4 is 10.1 Å². The van der Waals surface area contributed by atoms with E-state index >= 15 is 0 Å². The average molecular weight is 241 g/mol. The zero-order chi connectivity index (χ0) is 12.7. The quantitative estimate of drug-likeness (QED) is 0.768. The van der Waals surface area contributed by atoms with E-state index in [1.54, 1.807) is 6.07 Å². The molecule has 0 aliphatic carbocycles. The highest BCUT2D eigenvalue weighted by atomic mass is 19.1. The Morgan fingerprint density at radius 2 is 2.18 bits per heavy atom. The van der Waals surface area contributed by atoms with Crippen LogP contribution in [-0.4, -0.2) is 24.4 Å². The number of halogens is 1. The van der Waals surface area contributed by atoms with Gasteiger partial charge < -0.3 is 15.2 Å². The van der Waals surface area contributed by atoms with Gasteiger partial charge in [-0.3, -0.25) is 0 Å². The summed E-state index contributed by atoms with van der Waals surface area (Å²) in [6.07, 6.45) is 0.0402. The van der Waals surface area contributed by atoms with Gasteiger partial charge in [-0.1, -0.05) is 26.0 Å². The minimum atomic E-state index is -0.554. The Morgan fingerprint density at radius 1 is 1.41 bits per heavy atom. The molecule has 1 aromatic rings. The number of rotatable bonds is 7. The normalized spacial score (nSPS) is 12.5. The van der Waals surface area contributed by atoms with E-state index in [0.717, 1.165) is 12.1 Å². The molecule has 1 unspecified atom stereocenters. The molecule has 0 bridgehead atoms. The van der Waals surface area contributed by atoms with Crippen molar-refractivity contribution in [1.82, 2.24) is 5.32 Å². The number of aliphatic hydroxyl groups is 1. The smallest absolute Gasteiger partial charge is 0.165 e. The number of benzene rings is 1. The fourth-order valence-corrected chi connectivity index (χ4v) is 1.41. The van der Waals surface area contributed by atoms with Gasteiger partial charge >= 0.3 is 0 Å². The van der Waals surface area contributed by atoms with Crippen LogP contribution in [0, 0.1) is 5.82 Å². The van der Waals surface area contributed by atoms with Gasteiger partial charge in [-0.2, -0.15) is 0 Å². The Hall–Kier alpha value is -1.13. The van der Waals surface area contributed by atoms with Crippen LogP contribution in [0.2, 0.25) is 0 Å². The maximum atomic E-state index is 13.6. The number of ether oxygens (including phenoxy) is 1. The molecule has 0 aliphatic rings. The molecule has 2 N–H and O–H groups in total. The lowest BCUT2D eigenvalue weighted by Crippen LogP contribution is -2.19. The van der Waals surface area contributed by atoms with Crippen molar-refractivity contribution in [2.75, 3.05) is 13.2 Å². The van der Waals surface area contributed by atoms with Crippen LogP contribution >= 0.6 is 0 Å². The molecule has 1 rings (SSSR count). The molecule has 0 aliphatic heterocycles. The summed E-state index contributed by atoms with van der Waals surface area (Å²) in [5.74, 6) is -0.148. The van der Waals surface area contributed by atoms with Gasteiger partial charge in [-0.25, -0.2) is 4.39 Å². The molecule has 17 heavy (non-hydrogen) atoms. The van der Waals surface area contributed by atoms with Crippen LogP contribution in [0.15, 0.2) is 18.2 Å². The Bertz CT molecular complexity index is 344. The standard InChI is InChI=1S/C13H20FNO2/c1-3-11(16)9-17-13-10(8-15-4-2)6-5-7-12(13)14/h5-7,11,15-16H,3-4,8-9H2,1-2H3. The van der Waals surface area contributed by atoms with E-state index in [2.05, 4.69) is 5.32 Å². The number of para-hydroxylation sites is 1. The Balaban J connectivity index is 2.72. The molecule has 0 saturated heterocycles. The number of hydrogen-bond acceptors (Lipinski definition) is 3. The summed E-state index contributed by atoms with van der Waals surface area (Å²) in [6.45, 7) is 5.34. The monoisotopic (exact) mass is 241 g/mol. The number of nitrogens with one attached hydrogen (secondary N) is 1. The topological polar surface area (TPSA) is 41.5 Å². The fourth-order valence-electron chi connectivity index (χ4n) is 1.41. The van der Waals surface area contributed by atoms with Gasteiger partial charge in [-0.15, -0.1) is 0 Å². The van der Waals surface area contributed by atoms with Crippen molar-refractivity contribution in [2.24, 2.45) is 0 Å². The van der Waals surface area contributed by atoms with E-state index in [1.165, 1.54) is 6.07 Å². The first-order valence-electron chi connectivity index (χ1n) is 5.98. The van der Waals surface area contributed by atoms with E-state index in [1.807, 2.05) is 19.9 Å². The van der Waals surface area contributed by atoms with E-state index in [4.69, 9.17) is 4.74 Å². The molecule has 1 atom stereocenters. The van der Waals surface area contributed by atoms with Crippen molar-refractivity contribution in [1.29, 1.82) is 0 Å². The lowest BCUT2D eigenvalue weighted by Gasteiger charge is -2.14. The van der Waals surface area contributed by atoms with E-state index in [-0.39, 0.29) is 18.2 Å². The van der Waals surface area contributed by atoms with Crippen molar-refractivity contribution < 1.29 is 14.2 Å².